The van der Waals surface area contributed by atoms with Crippen LogP contribution in [0.4, 0.5) is 5.69 Å². The molecular formula is C33H38ClN3O4S. The van der Waals surface area contributed by atoms with E-state index in [1.165, 1.54) is 0 Å². The van der Waals surface area contributed by atoms with E-state index in [9.17, 15) is 19.5 Å². The third kappa shape index (κ3) is 5.40. The Morgan fingerprint density at radius 2 is 1.76 bits per heavy atom. The quantitative estimate of drug-likeness (QED) is 0.258. The minimum atomic E-state index is -0.750. The van der Waals surface area contributed by atoms with E-state index < -0.39 is 22.6 Å². The molecule has 1 spiro atoms. The summed E-state index contributed by atoms with van der Waals surface area (Å²) in [4.78, 5) is 48.4. The van der Waals surface area contributed by atoms with Crippen LogP contribution >= 0.6 is 23.4 Å². The molecule has 0 radical (unpaired) electrons. The molecule has 42 heavy (non-hydrogen) atoms. The number of benzene rings is 2. The summed E-state index contributed by atoms with van der Waals surface area (Å²) in [5, 5.41) is 9.86. The van der Waals surface area contributed by atoms with Crippen LogP contribution in [0.1, 0.15) is 31.2 Å². The zero-order chi connectivity index (χ0) is 29.9. The molecule has 5 atom stereocenters. The van der Waals surface area contributed by atoms with E-state index in [1.807, 2.05) is 42.5 Å². The molecule has 1 N–H and O–H groups in total. The number of para-hydroxylation sites is 1. The maximum Gasteiger partial charge on any atom is 0.251 e. The number of aliphatic hydroxyl groups is 1. The Morgan fingerprint density at radius 1 is 1.05 bits per heavy atom. The van der Waals surface area contributed by atoms with Crippen LogP contribution in [-0.2, 0) is 20.9 Å². The molecule has 3 aliphatic heterocycles. The molecule has 222 valence electrons. The van der Waals surface area contributed by atoms with Gasteiger partial charge in [0.25, 0.3) is 5.91 Å². The standard InChI is InChI=1S/C33H38ClN3O4S/c1-3-18-35(22-23-12-6-5-7-13-23)30(39)27-26-16-17-33(42-26)28(27)31(40)37(20-10-11-21-38)29(33)32(41)36(19-4-2)25-15-9-8-14-24(25)34/h3-9,12-15,26-29,38H,1-2,10-11,16-22H2/t26-,27+,28-,29?,33?/m0/s1. The molecule has 9 heteroatoms. The molecule has 0 aliphatic carbocycles. The molecular weight excluding hydrogens is 570 g/mol. The van der Waals surface area contributed by atoms with Gasteiger partial charge in [-0.1, -0.05) is 66.2 Å². The van der Waals surface area contributed by atoms with Crippen molar-refractivity contribution in [2.45, 2.75) is 48.3 Å². The van der Waals surface area contributed by atoms with Crippen LogP contribution in [0.5, 0.6) is 0 Å². The number of likely N-dealkylation sites (tertiary alicyclic amines) is 1. The molecule has 2 aromatic rings. The lowest BCUT2D eigenvalue weighted by Gasteiger charge is -2.37. The fourth-order valence-electron chi connectivity index (χ4n) is 7.01. The van der Waals surface area contributed by atoms with Gasteiger partial charge in [-0.2, -0.15) is 0 Å². The van der Waals surface area contributed by atoms with E-state index in [0.717, 1.165) is 12.0 Å². The van der Waals surface area contributed by atoms with E-state index in [-0.39, 0.29) is 36.1 Å². The predicted octanol–water partition coefficient (Wildman–Crippen LogP) is 4.94. The fourth-order valence-corrected chi connectivity index (χ4v) is 9.45. The third-order valence-corrected chi connectivity index (χ3v) is 11.0. The molecule has 0 saturated carbocycles. The van der Waals surface area contributed by atoms with E-state index in [4.69, 9.17) is 11.6 Å². The van der Waals surface area contributed by atoms with Gasteiger partial charge in [-0.05, 0) is 43.4 Å². The summed E-state index contributed by atoms with van der Waals surface area (Å²) < 4.78 is -0.717. The first-order valence-corrected chi connectivity index (χ1v) is 15.8. The highest BCUT2D eigenvalue weighted by Crippen LogP contribution is 2.66. The molecule has 3 heterocycles. The number of rotatable bonds is 13. The summed E-state index contributed by atoms with van der Waals surface area (Å²) in [5.41, 5.74) is 1.58. The summed E-state index contributed by atoms with van der Waals surface area (Å²) in [7, 11) is 0. The topological polar surface area (TPSA) is 81.2 Å². The van der Waals surface area contributed by atoms with Gasteiger partial charge in [-0.15, -0.1) is 24.9 Å². The number of thioether (sulfide) groups is 1. The molecule has 3 amide bonds. The first-order chi connectivity index (χ1) is 20.4. The predicted molar refractivity (Wildman–Crippen MR) is 168 cm³/mol. The lowest BCUT2D eigenvalue weighted by Crippen LogP contribution is -2.55. The highest BCUT2D eigenvalue weighted by molar-refractivity contribution is 8.02. The van der Waals surface area contributed by atoms with Gasteiger partial charge in [0, 0.05) is 38.0 Å². The van der Waals surface area contributed by atoms with Crippen molar-refractivity contribution in [2.24, 2.45) is 11.8 Å². The lowest BCUT2D eigenvalue weighted by atomic mass is 9.70. The lowest BCUT2D eigenvalue weighted by molar-refractivity contribution is -0.144. The molecule has 2 unspecified atom stereocenters. The summed E-state index contributed by atoms with van der Waals surface area (Å²) in [6.45, 7) is 9.12. The Hall–Kier alpha value is -3.07. The number of hydrogen-bond donors (Lipinski definition) is 1. The minimum Gasteiger partial charge on any atom is -0.396 e. The Balaban J connectivity index is 1.52. The summed E-state index contributed by atoms with van der Waals surface area (Å²) in [6, 6.07) is 16.2. The first kappa shape index (κ1) is 30.4. The second-order valence-electron chi connectivity index (χ2n) is 11.2. The van der Waals surface area contributed by atoms with Crippen LogP contribution in [-0.4, -0.2) is 74.9 Å². The van der Waals surface area contributed by atoms with Gasteiger partial charge in [0.15, 0.2) is 0 Å². The van der Waals surface area contributed by atoms with Crippen molar-refractivity contribution < 1.29 is 19.5 Å². The summed E-state index contributed by atoms with van der Waals surface area (Å²) >= 11 is 8.21. The summed E-state index contributed by atoms with van der Waals surface area (Å²) in [6.07, 6.45) is 5.90. The van der Waals surface area contributed by atoms with E-state index in [0.29, 0.717) is 49.6 Å². The number of carbonyl (C=O) groups excluding carboxylic acids is 3. The highest BCUT2D eigenvalue weighted by atomic mass is 35.5. The van der Waals surface area contributed by atoms with Crippen molar-refractivity contribution in [3.63, 3.8) is 0 Å². The van der Waals surface area contributed by atoms with E-state index in [1.54, 1.807) is 50.7 Å². The number of carbonyl (C=O) groups is 3. The van der Waals surface area contributed by atoms with Crippen molar-refractivity contribution in [2.75, 3.05) is 31.1 Å². The minimum absolute atomic E-state index is 0.00532. The smallest absolute Gasteiger partial charge is 0.251 e. The number of hydrogen-bond acceptors (Lipinski definition) is 5. The molecule has 3 saturated heterocycles. The van der Waals surface area contributed by atoms with Crippen LogP contribution < -0.4 is 4.90 Å². The number of nitrogens with zero attached hydrogens (tertiary/aromatic N) is 3. The molecule has 5 rings (SSSR count). The van der Waals surface area contributed by atoms with Gasteiger partial charge >= 0.3 is 0 Å². The maximum absolute atomic E-state index is 14.6. The maximum atomic E-state index is 14.6. The van der Waals surface area contributed by atoms with Crippen molar-refractivity contribution in [3.05, 3.63) is 90.5 Å². The fraction of sp³-hybridized carbons (Fsp3) is 0.424. The molecule has 7 nitrogen and oxygen atoms in total. The zero-order valence-corrected chi connectivity index (χ0v) is 25.3. The first-order valence-electron chi connectivity index (χ1n) is 14.6. The van der Waals surface area contributed by atoms with Gasteiger partial charge < -0.3 is 19.8 Å². The van der Waals surface area contributed by atoms with Gasteiger partial charge in [0.1, 0.15) is 6.04 Å². The second kappa shape index (κ2) is 13.1. The Labute approximate surface area is 257 Å². The molecule has 2 aromatic carbocycles. The second-order valence-corrected chi connectivity index (χ2v) is 13.2. The Morgan fingerprint density at radius 3 is 2.45 bits per heavy atom. The molecule has 2 bridgehead atoms. The Kier molecular flexibility index (Phi) is 9.45. The van der Waals surface area contributed by atoms with Gasteiger partial charge in [0.05, 0.1) is 27.3 Å². The zero-order valence-electron chi connectivity index (χ0n) is 23.7. The van der Waals surface area contributed by atoms with E-state index in [2.05, 4.69) is 13.2 Å². The normalized spacial score (nSPS) is 25.8. The Bertz CT molecular complexity index is 1340. The van der Waals surface area contributed by atoms with Crippen LogP contribution in [0.15, 0.2) is 79.9 Å². The number of amides is 3. The summed E-state index contributed by atoms with van der Waals surface area (Å²) in [5.74, 6) is -1.54. The van der Waals surface area contributed by atoms with Crippen molar-refractivity contribution >= 4 is 46.8 Å². The van der Waals surface area contributed by atoms with Crippen molar-refractivity contribution in [1.82, 2.24) is 9.80 Å². The number of unbranched alkanes of at least 4 members (excludes halogenated alkanes) is 1. The molecule has 3 fully saturated rings. The highest BCUT2D eigenvalue weighted by Gasteiger charge is 2.74. The SMILES string of the molecule is C=CCN(Cc1ccccc1)C(=O)[C@@H]1[C@@H]2CCC3(S2)C(C(=O)N(CC=C)c2ccccc2Cl)N(CCCCO)C(=O)[C@H]13. The van der Waals surface area contributed by atoms with Crippen LogP contribution in [0, 0.1) is 11.8 Å². The molecule has 0 aromatic heterocycles. The number of fused-ring (bicyclic) bond motifs is 1. The van der Waals surface area contributed by atoms with E-state index >= 15 is 0 Å². The van der Waals surface area contributed by atoms with Crippen LogP contribution in [0.25, 0.3) is 0 Å². The number of halogens is 1. The monoisotopic (exact) mass is 607 g/mol. The van der Waals surface area contributed by atoms with Crippen LogP contribution in [0.3, 0.4) is 0 Å². The largest absolute Gasteiger partial charge is 0.396 e. The third-order valence-electron chi connectivity index (χ3n) is 8.72. The average Bonchev–Trinajstić information content (AvgIpc) is 3.64. The van der Waals surface area contributed by atoms with Crippen LogP contribution in [0.2, 0.25) is 5.02 Å². The van der Waals surface area contributed by atoms with Crippen molar-refractivity contribution in [1.29, 1.82) is 0 Å². The van der Waals surface area contributed by atoms with Gasteiger partial charge in [0.2, 0.25) is 11.8 Å². The van der Waals surface area contributed by atoms with Crippen molar-refractivity contribution in [3.8, 4) is 0 Å². The number of anilines is 1. The molecule has 3 aliphatic rings. The van der Waals surface area contributed by atoms with Gasteiger partial charge in [-0.3, -0.25) is 14.4 Å². The number of aliphatic hydroxyl groups excluding tert-OH is 1. The van der Waals surface area contributed by atoms with Gasteiger partial charge in [-0.25, -0.2) is 0 Å². The average molecular weight is 608 g/mol.